The molecule has 1 atom stereocenters. The fourth-order valence-electron chi connectivity index (χ4n) is 3.82. The molecule has 0 saturated carbocycles. The molecule has 0 aliphatic carbocycles. The first kappa shape index (κ1) is 23.8. The van der Waals surface area contributed by atoms with Crippen LogP contribution in [-0.4, -0.2) is 34.9 Å². The molecule has 4 rings (SSSR count). The molecule has 2 aromatic heterocycles. The monoisotopic (exact) mass is 496 g/mol. The minimum absolute atomic E-state index is 0.0107. The van der Waals surface area contributed by atoms with Gasteiger partial charge in [0.2, 0.25) is 5.78 Å². The molecule has 0 spiro atoms. The number of aromatic nitrogens is 1. The van der Waals surface area contributed by atoms with Crippen molar-refractivity contribution in [2.24, 2.45) is 0 Å². The van der Waals surface area contributed by atoms with E-state index in [0.717, 1.165) is 16.9 Å². The summed E-state index contributed by atoms with van der Waals surface area (Å²) in [6.07, 6.45) is 0. The van der Waals surface area contributed by atoms with Crippen LogP contribution in [0.15, 0.2) is 53.1 Å². The summed E-state index contributed by atoms with van der Waals surface area (Å²) in [5.74, 6) is -2.34. The number of hydrogen-bond donors (Lipinski definition) is 1. The predicted octanol–water partition coefficient (Wildman–Crippen LogP) is 5.38. The Morgan fingerprint density at radius 1 is 1.15 bits per heavy atom. The van der Waals surface area contributed by atoms with Gasteiger partial charge in [0.1, 0.15) is 4.88 Å². The maximum Gasteiger partial charge on any atom is 0.350 e. The Morgan fingerprint density at radius 3 is 2.38 bits per heavy atom. The fourth-order valence-corrected chi connectivity index (χ4v) is 5.51. The van der Waals surface area contributed by atoms with E-state index in [2.05, 4.69) is 25.8 Å². The molecule has 3 aromatic rings. The lowest BCUT2D eigenvalue weighted by atomic mass is 9.85. The number of hydrogen-bond acceptors (Lipinski definition) is 8. The molecule has 1 unspecified atom stereocenters. The molecular formula is C25H24N2O5S2. The van der Waals surface area contributed by atoms with Crippen LogP contribution in [0.25, 0.3) is 0 Å². The first-order valence-corrected chi connectivity index (χ1v) is 12.2. The highest BCUT2D eigenvalue weighted by Gasteiger charge is 2.46. The van der Waals surface area contributed by atoms with Crippen LogP contribution in [0, 0.1) is 6.92 Å². The maximum atomic E-state index is 13.4. The highest BCUT2D eigenvalue weighted by atomic mass is 32.1. The van der Waals surface area contributed by atoms with Crippen molar-refractivity contribution in [1.29, 1.82) is 0 Å². The van der Waals surface area contributed by atoms with Gasteiger partial charge in [0.05, 0.1) is 29.3 Å². The van der Waals surface area contributed by atoms with Crippen LogP contribution in [0.2, 0.25) is 0 Å². The molecule has 1 aromatic carbocycles. The van der Waals surface area contributed by atoms with Crippen molar-refractivity contribution in [3.05, 3.63) is 79.7 Å². The summed E-state index contributed by atoms with van der Waals surface area (Å²) in [4.78, 5) is 45.2. The van der Waals surface area contributed by atoms with E-state index in [-0.39, 0.29) is 21.0 Å². The van der Waals surface area contributed by atoms with Gasteiger partial charge in [-0.3, -0.25) is 14.5 Å². The number of nitrogens with zero attached hydrogens (tertiary/aromatic N) is 2. The van der Waals surface area contributed by atoms with Crippen LogP contribution in [0.4, 0.5) is 5.13 Å². The van der Waals surface area contributed by atoms with Gasteiger partial charge in [0.15, 0.2) is 10.9 Å². The Labute approximate surface area is 205 Å². The second-order valence-corrected chi connectivity index (χ2v) is 10.8. The second-order valence-electron chi connectivity index (χ2n) is 8.92. The molecule has 1 amide bonds. The number of amides is 1. The lowest BCUT2D eigenvalue weighted by molar-refractivity contribution is -0.117. The summed E-state index contributed by atoms with van der Waals surface area (Å²) >= 11 is 2.22. The lowest BCUT2D eigenvalue weighted by Crippen LogP contribution is -2.31. The summed E-state index contributed by atoms with van der Waals surface area (Å²) < 4.78 is 4.82. The number of Topliss-reactive ketones (excluding diaryl/α,β-unsaturated/α-hetero) is 1. The van der Waals surface area contributed by atoms with Crippen molar-refractivity contribution in [3.63, 3.8) is 0 Å². The number of aryl methyl sites for hydroxylation is 1. The van der Waals surface area contributed by atoms with Gasteiger partial charge in [-0.25, -0.2) is 9.78 Å². The van der Waals surface area contributed by atoms with Crippen LogP contribution in [0.3, 0.4) is 0 Å². The summed E-state index contributed by atoms with van der Waals surface area (Å²) in [5.41, 5.74) is 2.05. The molecule has 0 bridgehead atoms. The quantitative estimate of drug-likeness (QED) is 0.376. The first-order valence-electron chi connectivity index (χ1n) is 10.6. The van der Waals surface area contributed by atoms with Gasteiger partial charge < -0.3 is 9.84 Å². The van der Waals surface area contributed by atoms with Crippen LogP contribution in [0.1, 0.15) is 63.0 Å². The average molecular weight is 497 g/mol. The van der Waals surface area contributed by atoms with Crippen LogP contribution >= 0.6 is 22.7 Å². The average Bonchev–Trinajstić information content (AvgIpc) is 3.52. The fraction of sp³-hybridized carbons (Fsp3) is 0.280. The summed E-state index contributed by atoms with van der Waals surface area (Å²) in [6, 6.07) is 10.1. The van der Waals surface area contributed by atoms with Gasteiger partial charge >= 0.3 is 5.97 Å². The number of rotatable bonds is 5. The molecule has 34 heavy (non-hydrogen) atoms. The van der Waals surface area contributed by atoms with E-state index in [1.807, 2.05) is 24.3 Å². The zero-order valence-electron chi connectivity index (χ0n) is 19.4. The Hall–Kier alpha value is -3.30. The number of anilines is 1. The summed E-state index contributed by atoms with van der Waals surface area (Å²) in [6.45, 7) is 7.93. The van der Waals surface area contributed by atoms with Gasteiger partial charge in [-0.05, 0) is 34.9 Å². The van der Waals surface area contributed by atoms with Gasteiger partial charge in [0, 0.05) is 0 Å². The number of esters is 1. The highest BCUT2D eigenvalue weighted by molar-refractivity contribution is 7.17. The van der Waals surface area contributed by atoms with Gasteiger partial charge in [-0.15, -0.1) is 11.3 Å². The SMILES string of the molecule is COC(=O)c1sc(N2C(=O)C(O)=C(C(=O)c3cccs3)C2c2ccc(C(C)(C)C)cc2)nc1C. The normalized spacial score (nSPS) is 16.3. The van der Waals surface area contributed by atoms with Crippen LogP contribution < -0.4 is 4.90 Å². The Morgan fingerprint density at radius 2 is 1.82 bits per heavy atom. The third kappa shape index (κ3) is 4.05. The van der Waals surface area contributed by atoms with Crippen molar-refractivity contribution in [2.45, 2.75) is 39.2 Å². The molecule has 7 nitrogen and oxygen atoms in total. The van der Waals surface area contributed by atoms with Crippen molar-refractivity contribution >= 4 is 45.5 Å². The number of aliphatic hydroxyl groups is 1. The minimum atomic E-state index is -0.896. The third-order valence-corrected chi connectivity index (χ3v) is 7.66. The molecule has 0 fully saturated rings. The number of thiophene rings is 1. The maximum absolute atomic E-state index is 13.4. The Balaban J connectivity index is 1.87. The smallest absolute Gasteiger partial charge is 0.350 e. The van der Waals surface area contributed by atoms with Crippen molar-refractivity contribution in [3.8, 4) is 0 Å². The number of thiazole rings is 1. The molecule has 1 aliphatic rings. The van der Waals surface area contributed by atoms with Crippen molar-refractivity contribution < 1.29 is 24.2 Å². The molecule has 1 N–H and O–H groups in total. The minimum Gasteiger partial charge on any atom is -0.503 e. The third-order valence-electron chi connectivity index (χ3n) is 5.65. The molecule has 0 saturated heterocycles. The number of carbonyl (C=O) groups is 3. The number of ketones is 1. The topological polar surface area (TPSA) is 96.8 Å². The largest absolute Gasteiger partial charge is 0.503 e. The molecule has 3 heterocycles. The zero-order chi connectivity index (χ0) is 24.8. The van der Waals surface area contributed by atoms with E-state index in [0.29, 0.717) is 16.1 Å². The summed E-state index contributed by atoms with van der Waals surface area (Å²) in [5, 5.41) is 12.8. The van der Waals surface area contributed by atoms with E-state index >= 15 is 0 Å². The number of methoxy groups -OCH3 is 1. The standard InChI is InChI=1S/C25H24N2O5S2/c1-13-21(23(31)32-5)34-24(26-13)27-18(14-8-10-15(11-9-14)25(2,3)4)17(20(29)22(27)30)19(28)16-7-6-12-33-16/h6-12,18,29H,1-5H3. The molecular weight excluding hydrogens is 472 g/mol. The van der Waals surface area contributed by atoms with E-state index in [9.17, 15) is 19.5 Å². The van der Waals surface area contributed by atoms with Gasteiger partial charge in [0.25, 0.3) is 5.91 Å². The predicted molar refractivity (Wildman–Crippen MR) is 132 cm³/mol. The van der Waals surface area contributed by atoms with Crippen molar-refractivity contribution in [1.82, 2.24) is 4.98 Å². The number of aliphatic hydroxyl groups excluding tert-OH is 1. The second kappa shape index (κ2) is 8.81. The van der Waals surface area contributed by atoms with E-state index in [1.54, 1.807) is 24.4 Å². The zero-order valence-corrected chi connectivity index (χ0v) is 21.0. The highest BCUT2D eigenvalue weighted by Crippen LogP contribution is 2.44. The summed E-state index contributed by atoms with van der Waals surface area (Å²) in [7, 11) is 1.27. The molecule has 0 radical (unpaired) electrons. The molecule has 176 valence electrons. The van der Waals surface area contributed by atoms with Gasteiger partial charge in [-0.2, -0.15) is 0 Å². The van der Waals surface area contributed by atoms with Crippen molar-refractivity contribution in [2.75, 3.05) is 12.0 Å². The Kier molecular flexibility index (Phi) is 6.18. The number of benzene rings is 1. The van der Waals surface area contributed by atoms with E-state index < -0.39 is 29.5 Å². The number of ether oxygens (including phenoxy) is 1. The molecule has 9 heteroatoms. The number of carbonyl (C=O) groups excluding carboxylic acids is 3. The van der Waals surface area contributed by atoms with Gasteiger partial charge in [-0.1, -0.05) is 62.4 Å². The van der Waals surface area contributed by atoms with E-state index in [4.69, 9.17) is 4.74 Å². The first-order chi connectivity index (χ1) is 16.0. The molecule has 1 aliphatic heterocycles. The lowest BCUT2D eigenvalue weighted by Gasteiger charge is -2.26. The van der Waals surface area contributed by atoms with Crippen LogP contribution in [-0.2, 0) is 14.9 Å². The van der Waals surface area contributed by atoms with E-state index in [1.165, 1.54) is 23.3 Å². The Bertz CT molecular complexity index is 1300. The van der Waals surface area contributed by atoms with Crippen LogP contribution in [0.5, 0.6) is 0 Å².